The van der Waals surface area contributed by atoms with Crippen molar-refractivity contribution in [2.45, 2.75) is 18.4 Å². The van der Waals surface area contributed by atoms with Crippen molar-refractivity contribution < 1.29 is 14.4 Å². The molecule has 1 aliphatic heterocycles. The van der Waals surface area contributed by atoms with Crippen LogP contribution in [0.2, 0.25) is 0 Å². The van der Waals surface area contributed by atoms with Crippen LogP contribution in [0.4, 0.5) is 4.79 Å². The Bertz CT molecular complexity index is 870. The smallest absolute Gasteiger partial charge is 0.325 e. The number of benzene rings is 1. The fraction of sp³-hybridized carbons (Fsp3) is 0.278. The first-order chi connectivity index (χ1) is 11.5. The zero-order chi connectivity index (χ0) is 16.9. The summed E-state index contributed by atoms with van der Waals surface area (Å²) in [6.45, 7) is -0.244. The maximum Gasteiger partial charge on any atom is 0.325 e. The van der Waals surface area contributed by atoms with E-state index in [9.17, 15) is 14.4 Å². The zero-order valence-corrected chi connectivity index (χ0v) is 13.3. The Hall–Kier alpha value is -2.89. The number of rotatable bonds is 3. The number of carbonyl (C=O) groups excluding carboxylic acids is 3. The third-order valence-electron chi connectivity index (χ3n) is 4.95. The van der Waals surface area contributed by atoms with E-state index < -0.39 is 11.6 Å². The number of hydrogen-bond acceptors (Lipinski definition) is 3. The number of urea groups is 1. The molecule has 4 rings (SSSR count). The molecule has 0 bridgehead atoms. The molecular weight excluding hydrogens is 306 g/mol. The molecule has 1 saturated heterocycles. The summed E-state index contributed by atoms with van der Waals surface area (Å²) in [6, 6.07) is 10.6. The van der Waals surface area contributed by atoms with Gasteiger partial charge in [-0.2, -0.15) is 0 Å². The molecule has 0 radical (unpaired) electrons. The largest absolute Gasteiger partial charge is 0.348 e. The van der Waals surface area contributed by atoms with Crippen LogP contribution in [0, 0.1) is 0 Å². The quantitative estimate of drug-likeness (QED) is 0.689. The summed E-state index contributed by atoms with van der Waals surface area (Å²) < 4.78 is 1.68. The van der Waals surface area contributed by atoms with Gasteiger partial charge in [-0.25, -0.2) is 4.79 Å². The summed E-state index contributed by atoms with van der Waals surface area (Å²) in [7, 11) is 1.76. The lowest BCUT2D eigenvalue weighted by molar-refractivity contribution is -0.131. The Morgan fingerprint density at radius 2 is 2.00 bits per heavy atom. The fourth-order valence-corrected chi connectivity index (χ4v) is 3.71. The van der Waals surface area contributed by atoms with Gasteiger partial charge < -0.3 is 9.88 Å². The maximum atomic E-state index is 13.0. The lowest BCUT2D eigenvalue weighted by Gasteiger charge is -2.22. The Kier molecular flexibility index (Phi) is 3.09. The number of nitrogens with one attached hydrogen (secondary N) is 1. The predicted octanol–water partition coefficient (Wildman–Crippen LogP) is 1.60. The van der Waals surface area contributed by atoms with Crippen LogP contribution in [-0.4, -0.2) is 33.7 Å². The normalized spacial score (nSPS) is 22.1. The van der Waals surface area contributed by atoms with Crippen LogP contribution in [0.15, 0.2) is 42.6 Å². The Morgan fingerprint density at radius 1 is 1.21 bits per heavy atom. The van der Waals surface area contributed by atoms with E-state index in [1.807, 2.05) is 24.3 Å². The van der Waals surface area contributed by atoms with Gasteiger partial charge >= 0.3 is 6.03 Å². The average Bonchev–Trinajstić information content (AvgIpc) is 3.22. The van der Waals surface area contributed by atoms with E-state index in [2.05, 4.69) is 5.32 Å². The van der Waals surface area contributed by atoms with Crippen LogP contribution >= 0.6 is 0 Å². The molecule has 1 spiro atoms. The number of aromatic nitrogens is 1. The minimum Gasteiger partial charge on any atom is -0.348 e. The van der Waals surface area contributed by atoms with Crippen LogP contribution in [0.1, 0.15) is 28.0 Å². The van der Waals surface area contributed by atoms with Gasteiger partial charge in [0.2, 0.25) is 0 Å². The SMILES string of the molecule is Cn1cccc1C(=O)CN1C(=O)N[C@]2(CCc3ccccc32)C1=O. The average molecular weight is 323 g/mol. The minimum atomic E-state index is -1.01. The first kappa shape index (κ1) is 14.7. The zero-order valence-electron chi connectivity index (χ0n) is 13.3. The maximum absolute atomic E-state index is 13.0. The van der Waals surface area contributed by atoms with Crippen LogP contribution in [0.25, 0.3) is 0 Å². The van der Waals surface area contributed by atoms with Crippen molar-refractivity contribution in [3.63, 3.8) is 0 Å². The van der Waals surface area contributed by atoms with E-state index in [1.54, 1.807) is 29.9 Å². The molecular formula is C18H17N3O3. The topological polar surface area (TPSA) is 71.4 Å². The van der Waals surface area contributed by atoms with Gasteiger partial charge in [-0.1, -0.05) is 24.3 Å². The molecule has 24 heavy (non-hydrogen) atoms. The molecule has 2 aliphatic rings. The second-order valence-corrected chi connectivity index (χ2v) is 6.31. The second-order valence-electron chi connectivity index (χ2n) is 6.31. The summed E-state index contributed by atoms with van der Waals surface area (Å²) >= 11 is 0. The van der Waals surface area contributed by atoms with Crippen molar-refractivity contribution in [1.29, 1.82) is 0 Å². The standard InChI is InChI=1S/C18H17N3O3/c1-20-10-4-7-14(20)15(22)11-21-16(23)18(19-17(21)24)9-8-12-5-2-3-6-13(12)18/h2-7,10H,8-9,11H2,1H3,(H,19,24)/t18-/m0/s1. The van der Waals surface area contributed by atoms with Gasteiger partial charge in [0.25, 0.3) is 5.91 Å². The molecule has 2 aromatic rings. The fourth-order valence-electron chi connectivity index (χ4n) is 3.71. The monoisotopic (exact) mass is 323 g/mol. The highest BCUT2D eigenvalue weighted by Gasteiger charge is 2.55. The predicted molar refractivity (Wildman–Crippen MR) is 86.4 cm³/mol. The molecule has 122 valence electrons. The number of carbonyl (C=O) groups is 3. The van der Waals surface area contributed by atoms with Gasteiger partial charge in [-0.15, -0.1) is 0 Å². The van der Waals surface area contributed by atoms with E-state index >= 15 is 0 Å². The van der Waals surface area contributed by atoms with Gasteiger partial charge in [-0.05, 0) is 36.1 Å². The van der Waals surface area contributed by atoms with Crippen LogP contribution < -0.4 is 5.32 Å². The Labute approximate surface area is 139 Å². The molecule has 0 unspecified atom stereocenters. The van der Waals surface area contributed by atoms with Crippen molar-refractivity contribution in [3.8, 4) is 0 Å². The number of aryl methyl sites for hydroxylation is 2. The van der Waals surface area contributed by atoms with E-state index in [-0.39, 0.29) is 18.2 Å². The van der Waals surface area contributed by atoms with Crippen molar-refractivity contribution in [1.82, 2.24) is 14.8 Å². The van der Waals surface area contributed by atoms with Gasteiger partial charge in [-0.3, -0.25) is 14.5 Å². The molecule has 1 atom stereocenters. The number of hydrogen-bond donors (Lipinski definition) is 1. The van der Waals surface area contributed by atoms with Crippen LogP contribution in [-0.2, 0) is 23.8 Å². The molecule has 3 amide bonds. The molecule has 6 nitrogen and oxygen atoms in total. The first-order valence-corrected chi connectivity index (χ1v) is 7.90. The molecule has 1 fully saturated rings. The first-order valence-electron chi connectivity index (χ1n) is 7.90. The third kappa shape index (κ3) is 1.92. The Balaban J connectivity index is 1.64. The van der Waals surface area contributed by atoms with E-state index in [0.29, 0.717) is 12.1 Å². The van der Waals surface area contributed by atoms with Crippen molar-refractivity contribution >= 4 is 17.7 Å². The molecule has 0 saturated carbocycles. The summed E-state index contributed by atoms with van der Waals surface area (Å²) in [4.78, 5) is 38.8. The molecule has 1 aromatic heterocycles. The molecule has 2 heterocycles. The van der Waals surface area contributed by atoms with Crippen molar-refractivity contribution in [3.05, 3.63) is 59.4 Å². The number of Topliss-reactive ketones (excluding diaryl/α,β-unsaturated/α-hetero) is 1. The number of nitrogens with zero attached hydrogens (tertiary/aromatic N) is 2. The van der Waals surface area contributed by atoms with Gasteiger partial charge in [0.05, 0.1) is 12.2 Å². The number of fused-ring (bicyclic) bond motifs is 2. The minimum absolute atomic E-state index is 0.244. The van der Waals surface area contributed by atoms with Crippen molar-refractivity contribution in [2.75, 3.05) is 6.54 Å². The molecule has 1 aliphatic carbocycles. The van der Waals surface area contributed by atoms with Crippen molar-refractivity contribution in [2.24, 2.45) is 7.05 Å². The highest BCUT2D eigenvalue weighted by molar-refractivity contribution is 6.11. The summed E-state index contributed by atoms with van der Waals surface area (Å²) in [5.41, 5.74) is 1.38. The van der Waals surface area contributed by atoms with E-state index in [1.165, 1.54) is 0 Å². The number of amides is 3. The summed E-state index contributed by atoms with van der Waals surface area (Å²) in [6.07, 6.45) is 3.03. The van der Waals surface area contributed by atoms with Gasteiger partial charge in [0.15, 0.2) is 5.78 Å². The number of imide groups is 1. The van der Waals surface area contributed by atoms with E-state index in [4.69, 9.17) is 0 Å². The molecule has 1 N–H and O–H groups in total. The number of ketones is 1. The highest BCUT2D eigenvalue weighted by Crippen LogP contribution is 2.41. The summed E-state index contributed by atoms with van der Waals surface area (Å²) in [5, 5.41) is 2.83. The molecule has 1 aromatic carbocycles. The Morgan fingerprint density at radius 3 is 2.75 bits per heavy atom. The highest BCUT2D eigenvalue weighted by atomic mass is 16.2. The van der Waals surface area contributed by atoms with Gasteiger partial charge in [0.1, 0.15) is 5.54 Å². The lowest BCUT2D eigenvalue weighted by Crippen LogP contribution is -2.42. The third-order valence-corrected chi connectivity index (χ3v) is 4.95. The van der Waals surface area contributed by atoms with Crippen LogP contribution in [0.5, 0.6) is 0 Å². The van der Waals surface area contributed by atoms with Crippen LogP contribution in [0.3, 0.4) is 0 Å². The second kappa shape index (κ2) is 5.06. The molecule has 6 heteroatoms. The lowest BCUT2D eigenvalue weighted by atomic mass is 9.92. The van der Waals surface area contributed by atoms with E-state index in [0.717, 1.165) is 22.4 Å². The van der Waals surface area contributed by atoms with Gasteiger partial charge in [0, 0.05) is 13.2 Å². The summed E-state index contributed by atoms with van der Waals surface area (Å²) in [5.74, 6) is -0.589.